The first kappa shape index (κ1) is 24.2. The summed E-state index contributed by atoms with van der Waals surface area (Å²) in [6.45, 7) is 5.35. The topological polar surface area (TPSA) is 70.6 Å². The van der Waals surface area contributed by atoms with Crippen molar-refractivity contribution in [2.45, 2.75) is 38.0 Å². The second-order valence-corrected chi connectivity index (χ2v) is 10.2. The average Bonchev–Trinajstić information content (AvgIpc) is 3.49. The number of amides is 1. The van der Waals surface area contributed by atoms with Crippen LogP contribution < -0.4 is 9.80 Å². The van der Waals surface area contributed by atoms with Crippen LogP contribution in [-0.2, 0) is 17.9 Å². The summed E-state index contributed by atoms with van der Waals surface area (Å²) in [5.74, 6) is 2.80. The van der Waals surface area contributed by atoms with Gasteiger partial charge in [0, 0.05) is 46.5 Å². The molecule has 0 atom stereocenters. The minimum Gasteiger partial charge on any atom is -0.467 e. The molecule has 182 valence electrons. The Kier molecular flexibility index (Phi) is 7.82. The molecule has 0 N–H and O–H groups in total. The number of thioether (sulfide) groups is 1. The van der Waals surface area contributed by atoms with Crippen molar-refractivity contribution in [3.63, 3.8) is 0 Å². The molecular formula is C25H34N6O2S. The fourth-order valence-electron chi connectivity index (χ4n) is 4.03. The van der Waals surface area contributed by atoms with Crippen LogP contribution in [0.25, 0.3) is 0 Å². The Hall–Kier alpha value is -2.94. The zero-order chi connectivity index (χ0) is 24.1. The summed E-state index contributed by atoms with van der Waals surface area (Å²) < 4.78 is 7.67. The highest BCUT2D eigenvalue weighted by molar-refractivity contribution is 7.99. The van der Waals surface area contributed by atoms with Crippen molar-refractivity contribution in [2.75, 3.05) is 49.8 Å². The molecule has 2 aromatic heterocycles. The minimum atomic E-state index is 0.0579. The van der Waals surface area contributed by atoms with Gasteiger partial charge in [0.25, 0.3) is 0 Å². The average molecular weight is 483 g/mol. The maximum atomic E-state index is 12.9. The molecule has 3 heterocycles. The van der Waals surface area contributed by atoms with Crippen LogP contribution in [0.3, 0.4) is 0 Å². The van der Waals surface area contributed by atoms with Gasteiger partial charge in [-0.15, -0.1) is 10.2 Å². The SMILES string of the molecule is CC1CCN(c2nnc(SCC(=O)N(C)Cc3ccc(N(C)C)cc3)n2Cc2ccco2)CC1. The minimum absolute atomic E-state index is 0.0579. The molecule has 1 saturated heterocycles. The monoisotopic (exact) mass is 482 g/mol. The summed E-state index contributed by atoms with van der Waals surface area (Å²) >= 11 is 1.43. The highest BCUT2D eigenvalue weighted by atomic mass is 32.2. The molecular weight excluding hydrogens is 448 g/mol. The first-order valence-electron chi connectivity index (χ1n) is 11.7. The molecule has 34 heavy (non-hydrogen) atoms. The number of piperidine rings is 1. The second kappa shape index (κ2) is 11.0. The predicted octanol–water partition coefficient (Wildman–Crippen LogP) is 3.97. The fraction of sp³-hybridized carbons (Fsp3) is 0.480. The second-order valence-electron chi connectivity index (χ2n) is 9.22. The molecule has 0 spiro atoms. The maximum absolute atomic E-state index is 12.9. The van der Waals surface area contributed by atoms with Gasteiger partial charge in [0.15, 0.2) is 5.16 Å². The normalized spacial score (nSPS) is 14.4. The van der Waals surface area contributed by atoms with Gasteiger partial charge in [0.05, 0.1) is 18.6 Å². The molecule has 1 aliphatic rings. The number of furan rings is 1. The van der Waals surface area contributed by atoms with E-state index in [1.165, 1.54) is 11.8 Å². The standard InChI is InChI=1S/C25H34N6O2S/c1-19-11-13-30(14-12-19)24-26-27-25(31(24)17-22-6-5-15-33-22)34-18-23(32)29(4)16-20-7-9-21(10-8-20)28(2)3/h5-10,15,19H,11-14,16-18H2,1-4H3. The number of nitrogens with zero attached hydrogens (tertiary/aromatic N) is 6. The molecule has 1 aromatic carbocycles. The van der Waals surface area contributed by atoms with Crippen LogP contribution >= 0.6 is 11.8 Å². The van der Waals surface area contributed by atoms with E-state index in [9.17, 15) is 4.79 Å². The third kappa shape index (κ3) is 5.94. The fourth-order valence-corrected chi connectivity index (χ4v) is 4.90. The smallest absolute Gasteiger partial charge is 0.233 e. The number of carbonyl (C=O) groups is 1. The Labute approximate surface area is 205 Å². The lowest BCUT2D eigenvalue weighted by Gasteiger charge is -2.31. The lowest BCUT2D eigenvalue weighted by Crippen LogP contribution is -2.35. The quantitative estimate of drug-likeness (QED) is 0.427. The predicted molar refractivity (Wildman–Crippen MR) is 136 cm³/mol. The molecule has 0 bridgehead atoms. The van der Waals surface area contributed by atoms with Crippen molar-refractivity contribution >= 4 is 29.3 Å². The van der Waals surface area contributed by atoms with E-state index in [4.69, 9.17) is 4.42 Å². The highest BCUT2D eigenvalue weighted by Crippen LogP contribution is 2.27. The Balaban J connectivity index is 1.41. The summed E-state index contributed by atoms with van der Waals surface area (Å²) in [4.78, 5) is 19.0. The van der Waals surface area contributed by atoms with E-state index in [-0.39, 0.29) is 5.91 Å². The first-order chi connectivity index (χ1) is 16.4. The van der Waals surface area contributed by atoms with Crippen LogP contribution in [0, 0.1) is 5.92 Å². The Morgan fingerprint density at radius 2 is 1.85 bits per heavy atom. The van der Waals surface area contributed by atoms with Gasteiger partial charge >= 0.3 is 0 Å². The van der Waals surface area contributed by atoms with E-state index in [0.717, 1.165) is 60.0 Å². The van der Waals surface area contributed by atoms with Gasteiger partial charge in [-0.2, -0.15) is 0 Å². The van der Waals surface area contributed by atoms with Crippen molar-refractivity contribution in [3.8, 4) is 0 Å². The van der Waals surface area contributed by atoms with Crippen LogP contribution in [0.2, 0.25) is 0 Å². The number of anilines is 2. The lowest BCUT2D eigenvalue weighted by molar-refractivity contribution is -0.127. The van der Waals surface area contributed by atoms with Gasteiger partial charge in [0.1, 0.15) is 5.76 Å². The summed E-state index contributed by atoms with van der Waals surface area (Å²) in [7, 11) is 5.88. The van der Waals surface area contributed by atoms with Crippen molar-refractivity contribution in [3.05, 3.63) is 54.0 Å². The lowest BCUT2D eigenvalue weighted by atomic mass is 10.00. The van der Waals surface area contributed by atoms with Crippen molar-refractivity contribution in [2.24, 2.45) is 5.92 Å². The van der Waals surface area contributed by atoms with E-state index in [2.05, 4.69) is 55.8 Å². The number of benzene rings is 1. The summed E-state index contributed by atoms with van der Waals surface area (Å²) in [6.07, 6.45) is 3.97. The number of hydrogen-bond donors (Lipinski definition) is 0. The van der Waals surface area contributed by atoms with Gasteiger partial charge in [0.2, 0.25) is 11.9 Å². The Bertz CT molecular complexity index is 1060. The van der Waals surface area contributed by atoms with Crippen molar-refractivity contribution in [1.82, 2.24) is 19.7 Å². The van der Waals surface area contributed by atoms with Crippen LogP contribution in [0.5, 0.6) is 0 Å². The summed E-state index contributed by atoms with van der Waals surface area (Å²) in [5.41, 5.74) is 2.25. The van der Waals surface area contributed by atoms with Crippen LogP contribution in [0.15, 0.2) is 52.2 Å². The zero-order valence-corrected chi connectivity index (χ0v) is 21.3. The van der Waals surface area contributed by atoms with Crippen molar-refractivity contribution < 1.29 is 9.21 Å². The molecule has 0 radical (unpaired) electrons. The highest BCUT2D eigenvalue weighted by Gasteiger charge is 2.24. The van der Waals surface area contributed by atoms with E-state index in [1.54, 1.807) is 11.2 Å². The number of hydrogen-bond acceptors (Lipinski definition) is 7. The molecule has 1 amide bonds. The summed E-state index contributed by atoms with van der Waals surface area (Å²) in [5, 5.41) is 9.69. The van der Waals surface area contributed by atoms with E-state index in [1.807, 2.05) is 33.3 Å². The van der Waals surface area contributed by atoms with Gasteiger partial charge in [-0.3, -0.25) is 9.36 Å². The summed E-state index contributed by atoms with van der Waals surface area (Å²) in [6, 6.07) is 12.1. The molecule has 0 aliphatic carbocycles. The third-order valence-electron chi connectivity index (χ3n) is 6.28. The Morgan fingerprint density at radius 3 is 2.50 bits per heavy atom. The number of carbonyl (C=O) groups excluding carboxylic acids is 1. The molecule has 0 unspecified atom stereocenters. The van der Waals surface area contributed by atoms with E-state index < -0.39 is 0 Å². The number of rotatable bonds is 9. The molecule has 8 nitrogen and oxygen atoms in total. The number of aromatic nitrogens is 3. The first-order valence-corrected chi connectivity index (χ1v) is 12.7. The molecule has 1 aliphatic heterocycles. The molecule has 1 fully saturated rings. The molecule has 4 rings (SSSR count). The molecule has 3 aromatic rings. The largest absolute Gasteiger partial charge is 0.467 e. The third-order valence-corrected chi connectivity index (χ3v) is 7.23. The molecule has 9 heteroatoms. The van der Waals surface area contributed by atoms with Gasteiger partial charge in [-0.05, 0) is 48.6 Å². The maximum Gasteiger partial charge on any atom is 0.233 e. The van der Waals surface area contributed by atoms with E-state index >= 15 is 0 Å². The van der Waals surface area contributed by atoms with Gasteiger partial charge in [-0.1, -0.05) is 30.8 Å². The van der Waals surface area contributed by atoms with E-state index in [0.29, 0.717) is 18.8 Å². The van der Waals surface area contributed by atoms with Gasteiger partial charge < -0.3 is 19.1 Å². The van der Waals surface area contributed by atoms with Crippen LogP contribution in [0.4, 0.5) is 11.6 Å². The van der Waals surface area contributed by atoms with Crippen molar-refractivity contribution in [1.29, 1.82) is 0 Å². The van der Waals surface area contributed by atoms with Crippen LogP contribution in [-0.4, -0.2) is 65.6 Å². The van der Waals surface area contributed by atoms with Crippen LogP contribution in [0.1, 0.15) is 31.1 Å². The molecule has 0 saturated carbocycles. The Morgan fingerprint density at radius 1 is 1.12 bits per heavy atom. The zero-order valence-electron chi connectivity index (χ0n) is 20.5. The van der Waals surface area contributed by atoms with Gasteiger partial charge in [-0.25, -0.2) is 0 Å².